The Labute approximate surface area is 183 Å². The van der Waals surface area contributed by atoms with E-state index in [0.717, 1.165) is 25.3 Å². The number of benzene rings is 2. The van der Waals surface area contributed by atoms with Gasteiger partial charge in [-0.2, -0.15) is 11.8 Å². The Balaban J connectivity index is 1.81. The Morgan fingerprint density at radius 2 is 1.60 bits per heavy atom. The Hall–Kier alpha value is -2.34. The van der Waals surface area contributed by atoms with E-state index in [4.69, 9.17) is 14.2 Å². The molecule has 0 aromatic heterocycles. The monoisotopic (exact) mass is 429 g/mol. The lowest BCUT2D eigenvalue weighted by atomic mass is 10.1. The topological polar surface area (TPSA) is 48.0 Å². The van der Waals surface area contributed by atoms with Gasteiger partial charge in [-0.1, -0.05) is 30.3 Å². The van der Waals surface area contributed by atoms with Gasteiger partial charge in [0.25, 0.3) is 5.91 Å². The molecule has 0 bridgehead atoms. The van der Waals surface area contributed by atoms with E-state index in [-0.39, 0.29) is 5.91 Å². The highest BCUT2D eigenvalue weighted by molar-refractivity contribution is 7.99. The number of hydrogen-bond donors (Lipinski definition) is 0. The smallest absolute Gasteiger partial charge is 0.254 e. The summed E-state index contributed by atoms with van der Waals surface area (Å²) in [6.07, 6.45) is 0.939. The van der Waals surface area contributed by atoms with Crippen molar-refractivity contribution < 1.29 is 19.0 Å². The number of carbonyl (C=O) groups excluding carboxylic acids is 1. The third-order valence-corrected chi connectivity index (χ3v) is 6.28. The molecule has 1 atom stereocenters. The largest absolute Gasteiger partial charge is 0.490 e. The maximum Gasteiger partial charge on any atom is 0.254 e. The van der Waals surface area contributed by atoms with E-state index < -0.39 is 0 Å². The summed E-state index contributed by atoms with van der Waals surface area (Å²) in [4.78, 5) is 15.3. The molecule has 1 saturated heterocycles. The highest BCUT2D eigenvalue weighted by atomic mass is 32.2. The van der Waals surface area contributed by atoms with Crippen molar-refractivity contribution in [3.63, 3.8) is 0 Å². The van der Waals surface area contributed by atoms with Gasteiger partial charge in [0.2, 0.25) is 5.75 Å². The Kier molecular flexibility index (Phi) is 8.31. The number of ether oxygens (including phenoxy) is 3. The molecule has 0 unspecified atom stereocenters. The first-order valence-electron chi connectivity index (χ1n) is 10.7. The molecular weight excluding hydrogens is 398 g/mol. The number of amides is 1. The summed E-state index contributed by atoms with van der Waals surface area (Å²) < 4.78 is 17.3. The van der Waals surface area contributed by atoms with Crippen LogP contribution < -0.4 is 14.2 Å². The van der Waals surface area contributed by atoms with Crippen LogP contribution in [0.4, 0.5) is 0 Å². The van der Waals surface area contributed by atoms with Gasteiger partial charge in [-0.25, -0.2) is 0 Å². The summed E-state index contributed by atoms with van der Waals surface area (Å²) in [6.45, 7) is 8.69. The molecule has 0 N–H and O–H groups in total. The molecule has 6 heteroatoms. The molecule has 1 fully saturated rings. The molecule has 1 aliphatic heterocycles. The van der Waals surface area contributed by atoms with Crippen molar-refractivity contribution >= 4 is 17.7 Å². The van der Waals surface area contributed by atoms with E-state index in [1.165, 1.54) is 5.56 Å². The van der Waals surface area contributed by atoms with Crippen LogP contribution in [0.5, 0.6) is 17.2 Å². The lowest BCUT2D eigenvalue weighted by Crippen LogP contribution is -2.33. The van der Waals surface area contributed by atoms with E-state index >= 15 is 0 Å². The number of hydrogen-bond acceptors (Lipinski definition) is 5. The minimum absolute atomic E-state index is 0.00858. The second kappa shape index (κ2) is 11.2. The van der Waals surface area contributed by atoms with Crippen LogP contribution in [0.2, 0.25) is 0 Å². The van der Waals surface area contributed by atoms with Gasteiger partial charge in [-0.15, -0.1) is 0 Å². The molecule has 5 nitrogen and oxygen atoms in total. The molecule has 1 heterocycles. The summed E-state index contributed by atoms with van der Waals surface area (Å²) in [5, 5.41) is 0.419. The molecular formula is C24H31NO4S. The fourth-order valence-electron chi connectivity index (χ4n) is 3.60. The maximum absolute atomic E-state index is 13.3. The highest BCUT2D eigenvalue weighted by Crippen LogP contribution is 2.40. The van der Waals surface area contributed by atoms with Gasteiger partial charge < -0.3 is 19.1 Å². The van der Waals surface area contributed by atoms with Gasteiger partial charge in [0.15, 0.2) is 11.5 Å². The standard InChI is InChI=1S/C24H31NO4S/c1-4-27-20-16-19(17-21(28-5-2)23(20)29-6-3)24(26)25-13-12-22(30-15-14-25)18-10-8-7-9-11-18/h7-11,16-17,22H,4-6,12-15H2,1-3H3/t22-/m1/s1. The molecule has 2 aromatic carbocycles. The first-order valence-corrected chi connectivity index (χ1v) is 11.7. The second-order valence-electron chi connectivity index (χ2n) is 6.95. The predicted octanol–water partition coefficient (Wildman–Crippen LogP) is 5.20. The summed E-state index contributed by atoms with van der Waals surface area (Å²) in [6, 6.07) is 14.1. The van der Waals surface area contributed by atoms with Crippen LogP contribution >= 0.6 is 11.8 Å². The first kappa shape index (κ1) is 22.3. The third kappa shape index (κ3) is 5.42. The molecule has 3 rings (SSSR count). The van der Waals surface area contributed by atoms with E-state index in [0.29, 0.717) is 47.9 Å². The van der Waals surface area contributed by atoms with Crippen LogP contribution in [-0.4, -0.2) is 49.5 Å². The summed E-state index contributed by atoms with van der Waals surface area (Å²) in [7, 11) is 0. The van der Waals surface area contributed by atoms with E-state index in [1.807, 2.05) is 43.5 Å². The fraction of sp³-hybridized carbons (Fsp3) is 0.458. The molecule has 2 aromatic rings. The molecule has 30 heavy (non-hydrogen) atoms. The quantitative estimate of drug-likeness (QED) is 0.577. The van der Waals surface area contributed by atoms with Crippen LogP contribution in [0.1, 0.15) is 48.4 Å². The zero-order valence-corrected chi connectivity index (χ0v) is 18.9. The molecule has 0 radical (unpaired) electrons. The van der Waals surface area contributed by atoms with Crippen LogP contribution in [0.3, 0.4) is 0 Å². The number of carbonyl (C=O) groups is 1. The van der Waals surface area contributed by atoms with Gasteiger partial charge in [0, 0.05) is 29.7 Å². The molecule has 0 aliphatic carbocycles. The normalized spacial score (nSPS) is 16.6. The average Bonchev–Trinajstić information content (AvgIpc) is 3.02. The van der Waals surface area contributed by atoms with Crippen LogP contribution in [0.15, 0.2) is 42.5 Å². The number of rotatable bonds is 8. The van der Waals surface area contributed by atoms with Crippen LogP contribution in [-0.2, 0) is 0 Å². The SMILES string of the molecule is CCOc1cc(C(=O)N2CCS[C@@H](c3ccccc3)CC2)cc(OCC)c1OCC. The van der Waals surface area contributed by atoms with Gasteiger partial charge >= 0.3 is 0 Å². The molecule has 1 aliphatic rings. The first-order chi connectivity index (χ1) is 14.7. The van der Waals surface area contributed by atoms with Crippen molar-refractivity contribution in [1.82, 2.24) is 4.90 Å². The van der Waals surface area contributed by atoms with E-state index in [9.17, 15) is 4.79 Å². The lowest BCUT2D eigenvalue weighted by Gasteiger charge is -2.22. The van der Waals surface area contributed by atoms with Crippen molar-refractivity contribution in [2.75, 3.05) is 38.7 Å². The summed E-state index contributed by atoms with van der Waals surface area (Å²) in [5.74, 6) is 2.60. The predicted molar refractivity (Wildman–Crippen MR) is 122 cm³/mol. The van der Waals surface area contributed by atoms with Crippen molar-refractivity contribution in [2.45, 2.75) is 32.4 Å². The van der Waals surface area contributed by atoms with Gasteiger partial charge in [-0.05, 0) is 44.9 Å². The number of thioether (sulfide) groups is 1. The van der Waals surface area contributed by atoms with Crippen LogP contribution in [0, 0.1) is 0 Å². The molecule has 0 spiro atoms. The Bertz CT molecular complexity index is 800. The van der Waals surface area contributed by atoms with Crippen molar-refractivity contribution in [2.24, 2.45) is 0 Å². The molecule has 1 amide bonds. The zero-order chi connectivity index (χ0) is 21.3. The Morgan fingerprint density at radius 1 is 0.967 bits per heavy atom. The van der Waals surface area contributed by atoms with Crippen molar-refractivity contribution in [3.8, 4) is 17.2 Å². The summed E-state index contributed by atoms with van der Waals surface area (Å²) >= 11 is 1.92. The van der Waals surface area contributed by atoms with E-state index in [2.05, 4.69) is 24.3 Å². The minimum Gasteiger partial charge on any atom is -0.490 e. The van der Waals surface area contributed by atoms with Gasteiger partial charge in [-0.3, -0.25) is 4.79 Å². The van der Waals surface area contributed by atoms with Crippen LogP contribution in [0.25, 0.3) is 0 Å². The minimum atomic E-state index is 0.00858. The summed E-state index contributed by atoms with van der Waals surface area (Å²) in [5.41, 5.74) is 1.91. The fourth-order valence-corrected chi connectivity index (χ4v) is 4.83. The zero-order valence-electron chi connectivity index (χ0n) is 18.1. The molecule has 162 valence electrons. The maximum atomic E-state index is 13.3. The number of nitrogens with zero attached hydrogens (tertiary/aromatic N) is 1. The van der Waals surface area contributed by atoms with Crippen molar-refractivity contribution in [3.05, 3.63) is 53.6 Å². The highest BCUT2D eigenvalue weighted by Gasteiger charge is 2.25. The molecule has 0 saturated carbocycles. The lowest BCUT2D eigenvalue weighted by molar-refractivity contribution is 0.0765. The third-order valence-electron chi connectivity index (χ3n) is 4.96. The second-order valence-corrected chi connectivity index (χ2v) is 8.26. The van der Waals surface area contributed by atoms with Crippen molar-refractivity contribution in [1.29, 1.82) is 0 Å². The average molecular weight is 430 g/mol. The Morgan fingerprint density at radius 3 is 2.20 bits per heavy atom. The van der Waals surface area contributed by atoms with E-state index in [1.54, 1.807) is 12.1 Å². The van der Waals surface area contributed by atoms with Gasteiger partial charge in [0.1, 0.15) is 0 Å². The van der Waals surface area contributed by atoms with Gasteiger partial charge in [0.05, 0.1) is 19.8 Å².